The van der Waals surface area contributed by atoms with Crippen LogP contribution >= 0.6 is 0 Å². The van der Waals surface area contributed by atoms with Crippen LogP contribution in [0.15, 0.2) is 46.4 Å². The number of aryl methyl sites for hydroxylation is 4. The van der Waals surface area contributed by atoms with Crippen molar-refractivity contribution in [3.63, 3.8) is 0 Å². The van der Waals surface area contributed by atoms with Crippen LogP contribution in [0.3, 0.4) is 0 Å². The van der Waals surface area contributed by atoms with Crippen LogP contribution in [0.1, 0.15) is 44.2 Å². The third kappa shape index (κ3) is 4.39. The van der Waals surface area contributed by atoms with Crippen molar-refractivity contribution in [2.24, 2.45) is 9.98 Å². The fourth-order valence-electron chi connectivity index (χ4n) is 2.39. The van der Waals surface area contributed by atoms with Gasteiger partial charge in [-0.2, -0.15) is 0 Å². The lowest BCUT2D eigenvalue weighted by molar-refractivity contribution is 1.35. The number of rotatable bonds is 3. The summed E-state index contributed by atoms with van der Waals surface area (Å²) in [7, 11) is 0. The molecule has 0 saturated heterocycles. The Kier molecular flexibility index (Phi) is 2.96. The maximum atomic E-state index is 7.88. The van der Waals surface area contributed by atoms with E-state index in [0.29, 0.717) is 11.4 Å². The highest BCUT2D eigenvalue weighted by Gasteiger charge is 2.01. The molecule has 0 aliphatic heterocycles. The first-order valence-corrected chi connectivity index (χ1v) is 7.11. The van der Waals surface area contributed by atoms with E-state index < -0.39 is 25.1 Å². The summed E-state index contributed by atoms with van der Waals surface area (Å²) in [4.78, 5) is 8.45. The van der Waals surface area contributed by atoms with Crippen molar-refractivity contribution in [1.29, 1.82) is 0 Å². The Morgan fingerprint density at radius 2 is 0.955 bits per heavy atom. The first-order valence-electron chi connectivity index (χ1n) is 10.1. The number of benzene rings is 2. The molecule has 0 saturated carbocycles. The molecule has 0 aromatic heterocycles. The van der Waals surface area contributed by atoms with E-state index in [-0.39, 0.29) is 0 Å². The van der Waals surface area contributed by atoms with E-state index in [1.54, 1.807) is 24.3 Å². The van der Waals surface area contributed by atoms with Crippen molar-refractivity contribution in [3.05, 3.63) is 58.7 Å². The normalized spacial score (nSPS) is 17.8. The van der Waals surface area contributed by atoms with Gasteiger partial charge in [0.2, 0.25) is 0 Å². The molecule has 0 fully saturated rings. The van der Waals surface area contributed by atoms with Gasteiger partial charge in [-0.1, -0.05) is 12.1 Å². The third-order valence-electron chi connectivity index (χ3n) is 3.12. The van der Waals surface area contributed by atoms with Crippen LogP contribution in [0.5, 0.6) is 0 Å². The van der Waals surface area contributed by atoms with Gasteiger partial charge in [0.15, 0.2) is 0 Å². The lowest BCUT2D eigenvalue weighted by Crippen LogP contribution is -2.04. The number of hydrogen-bond donors (Lipinski definition) is 0. The van der Waals surface area contributed by atoms with Crippen molar-refractivity contribution in [2.75, 3.05) is 0 Å². The van der Waals surface area contributed by atoms with E-state index in [9.17, 15) is 0 Å². The van der Waals surface area contributed by atoms with E-state index in [0.717, 1.165) is 22.3 Å². The summed E-state index contributed by atoms with van der Waals surface area (Å²) in [5.74, 6) is 0. The average Bonchev–Trinajstić information content (AvgIpc) is 2.46. The fraction of sp³-hybridized carbons (Fsp3) is 0.300. The van der Waals surface area contributed by atoms with Gasteiger partial charge in [0.1, 0.15) is 0 Å². The van der Waals surface area contributed by atoms with Crippen molar-refractivity contribution < 1.29 is 8.22 Å². The van der Waals surface area contributed by atoms with E-state index in [2.05, 4.69) is 9.98 Å². The number of nitrogens with zero attached hydrogens (tertiary/aromatic N) is 2. The lowest BCUT2D eigenvalue weighted by atomic mass is 10.1. The van der Waals surface area contributed by atoms with Crippen LogP contribution < -0.4 is 0 Å². The maximum absolute atomic E-state index is 7.88. The van der Waals surface area contributed by atoms with E-state index >= 15 is 0 Å². The summed E-state index contributed by atoms with van der Waals surface area (Å²) in [6.45, 7) is 2.02. The molecule has 2 rings (SSSR count). The predicted octanol–water partition coefficient (Wildman–Crippen LogP) is 5.81. The Labute approximate surface area is 142 Å². The second-order valence-corrected chi connectivity index (χ2v) is 5.61. The molecular formula is C20H24N2. The molecular weight excluding hydrogens is 268 g/mol. The first-order chi connectivity index (χ1) is 12.8. The van der Waals surface area contributed by atoms with Gasteiger partial charge >= 0.3 is 0 Å². The van der Waals surface area contributed by atoms with Gasteiger partial charge in [0, 0.05) is 8.22 Å². The highest BCUT2D eigenvalue weighted by atomic mass is 14.8. The third-order valence-corrected chi connectivity index (χ3v) is 3.12. The highest BCUT2D eigenvalue weighted by Crippen LogP contribution is 2.19. The maximum Gasteiger partial charge on any atom is 0.0638 e. The van der Waals surface area contributed by atoms with Gasteiger partial charge in [-0.25, -0.2) is 0 Å². The second kappa shape index (κ2) is 6.69. The SMILES string of the molecule is [2H]C([2H])([2H])C(=Nc1cc(C)cc(C)c1)C(=Nc1cc(C)cc(C)c1)C([2H])([2H])[2H]. The zero-order valence-corrected chi connectivity index (χ0v) is 13.4. The molecule has 2 heteroatoms. The zero-order valence-electron chi connectivity index (χ0n) is 19.4. The molecule has 0 bridgehead atoms. The van der Waals surface area contributed by atoms with Crippen LogP contribution in [0, 0.1) is 27.7 Å². The van der Waals surface area contributed by atoms with Crippen LogP contribution in [-0.4, -0.2) is 11.4 Å². The molecule has 0 spiro atoms. The minimum atomic E-state index is -2.73. The summed E-state index contributed by atoms with van der Waals surface area (Å²) in [6, 6.07) is 10.7. The quantitative estimate of drug-likeness (QED) is 0.639. The van der Waals surface area contributed by atoms with Gasteiger partial charge in [0.25, 0.3) is 0 Å². The van der Waals surface area contributed by atoms with Gasteiger partial charge in [-0.15, -0.1) is 0 Å². The summed E-state index contributed by atoms with van der Waals surface area (Å²) in [5.41, 5.74) is 3.38. The Morgan fingerprint density at radius 1 is 0.636 bits per heavy atom. The van der Waals surface area contributed by atoms with Crippen LogP contribution in [0.2, 0.25) is 0 Å². The predicted molar refractivity (Wildman–Crippen MR) is 97.4 cm³/mol. The van der Waals surface area contributed by atoms with Gasteiger partial charge < -0.3 is 0 Å². The first kappa shape index (κ1) is 9.73. The van der Waals surface area contributed by atoms with Gasteiger partial charge in [-0.3, -0.25) is 9.98 Å². The van der Waals surface area contributed by atoms with Crippen molar-refractivity contribution in [2.45, 2.75) is 41.4 Å². The standard InChI is InChI=1S/C20H24N2/c1-13-7-14(2)10-19(9-13)21-17(5)18(6)22-20-11-15(3)8-16(4)12-20/h7-12H,1-6H3/i5D3,6D3. The average molecular weight is 298 g/mol. The Hall–Kier alpha value is -2.22. The van der Waals surface area contributed by atoms with Gasteiger partial charge in [-0.05, 0) is 87.9 Å². The summed E-state index contributed by atoms with van der Waals surface area (Å²) in [5, 5.41) is 0. The molecule has 2 aromatic carbocycles. The molecule has 0 N–H and O–H groups in total. The van der Waals surface area contributed by atoms with Crippen molar-refractivity contribution in [1.82, 2.24) is 0 Å². The molecule has 22 heavy (non-hydrogen) atoms. The minimum Gasteiger partial charge on any atom is -0.252 e. The molecule has 0 atom stereocenters. The van der Waals surface area contributed by atoms with E-state index in [1.807, 2.05) is 39.8 Å². The molecule has 0 amide bonds. The molecule has 114 valence electrons. The number of aliphatic imine (C=N–C) groups is 2. The monoisotopic (exact) mass is 298 g/mol. The van der Waals surface area contributed by atoms with Gasteiger partial charge in [0.05, 0.1) is 22.8 Å². The molecule has 2 aromatic rings. The van der Waals surface area contributed by atoms with Crippen molar-refractivity contribution >= 4 is 22.8 Å². The largest absolute Gasteiger partial charge is 0.252 e. The van der Waals surface area contributed by atoms with E-state index in [4.69, 9.17) is 8.22 Å². The summed E-state index contributed by atoms with van der Waals surface area (Å²) < 4.78 is 47.3. The molecule has 0 heterocycles. The van der Waals surface area contributed by atoms with E-state index in [1.165, 1.54) is 0 Å². The van der Waals surface area contributed by atoms with Crippen molar-refractivity contribution in [3.8, 4) is 0 Å². The van der Waals surface area contributed by atoms with Crippen LogP contribution in [0.25, 0.3) is 0 Å². The number of hydrogen-bond acceptors (Lipinski definition) is 2. The van der Waals surface area contributed by atoms with Crippen LogP contribution in [0.4, 0.5) is 11.4 Å². The Bertz CT molecular complexity index is 819. The topological polar surface area (TPSA) is 24.7 Å². The molecule has 0 radical (unpaired) electrons. The summed E-state index contributed by atoms with van der Waals surface area (Å²) in [6.07, 6.45) is 0. The lowest BCUT2D eigenvalue weighted by Gasteiger charge is -2.05. The smallest absolute Gasteiger partial charge is 0.0638 e. The van der Waals surface area contributed by atoms with Crippen LogP contribution in [-0.2, 0) is 0 Å². The molecule has 2 nitrogen and oxygen atoms in total. The molecule has 0 aliphatic carbocycles. The highest BCUT2D eigenvalue weighted by molar-refractivity contribution is 6.41. The second-order valence-electron chi connectivity index (χ2n) is 5.61. The molecule has 0 aliphatic rings. The minimum absolute atomic E-state index is 0.390. The Balaban J connectivity index is 2.74. The zero-order chi connectivity index (χ0) is 21.3. The summed E-state index contributed by atoms with van der Waals surface area (Å²) >= 11 is 0. The Morgan fingerprint density at radius 3 is 1.23 bits per heavy atom. The molecule has 0 unspecified atom stereocenters. The fourth-order valence-corrected chi connectivity index (χ4v) is 2.39.